The van der Waals surface area contributed by atoms with Gasteiger partial charge in [-0.3, -0.25) is 19.5 Å². The molecule has 3 rings (SSSR count). The zero-order chi connectivity index (χ0) is 16.6. The predicted molar refractivity (Wildman–Crippen MR) is 82.6 cm³/mol. The van der Waals surface area contributed by atoms with Crippen LogP contribution in [0.15, 0.2) is 27.4 Å². The smallest absolute Gasteiger partial charge is 0.417 e. The quantitative estimate of drug-likeness (QED) is 0.828. The molecule has 0 radical (unpaired) electrons. The normalized spacial score (nSPS) is 18.1. The molecule has 0 bridgehead atoms. The van der Waals surface area contributed by atoms with Gasteiger partial charge < -0.3 is 9.52 Å². The summed E-state index contributed by atoms with van der Waals surface area (Å²) < 4.78 is 4.98. The number of carboxylic acid groups (broad SMARTS) is 1. The number of H-pyrrole nitrogens is 1. The van der Waals surface area contributed by atoms with Crippen molar-refractivity contribution in [3.63, 3.8) is 0 Å². The zero-order valence-corrected chi connectivity index (χ0v) is 12.7. The number of likely N-dealkylation sites (tertiary alicyclic amines) is 1. The Bertz CT molecular complexity index is 798. The molecule has 1 unspecified atom stereocenters. The molecular weight excluding hydrogens is 300 g/mol. The van der Waals surface area contributed by atoms with Crippen molar-refractivity contribution in [2.24, 2.45) is 5.92 Å². The number of nitrogens with zero attached hydrogens (tertiary/aromatic N) is 1. The second kappa shape index (κ2) is 6.00. The average Bonchev–Trinajstić information content (AvgIpc) is 2.92. The monoisotopic (exact) mass is 318 g/mol. The summed E-state index contributed by atoms with van der Waals surface area (Å²) in [6.45, 7) is 3.00. The van der Waals surface area contributed by atoms with Gasteiger partial charge in [-0.2, -0.15) is 0 Å². The molecule has 0 aliphatic carbocycles. The van der Waals surface area contributed by atoms with Gasteiger partial charge in [0, 0.05) is 5.56 Å². The number of Topliss-reactive ketones (excluding diaryl/α,β-unsaturated/α-hetero) is 1. The summed E-state index contributed by atoms with van der Waals surface area (Å²) in [6, 6.07) is 4.54. The van der Waals surface area contributed by atoms with Crippen LogP contribution in [0.5, 0.6) is 0 Å². The molecule has 23 heavy (non-hydrogen) atoms. The highest BCUT2D eigenvalue weighted by molar-refractivity contribution is 6.01. The van der Waals surface area contributed by atoms with Crippen LogP contribution >= 0.6 is 0 Å². The van der Waals surface area contributed by atoms with E-state index in [0.29, 0.717) is 42.6 Å². The number of aromatic nitrogens is 1. The van der Waals surface area contributed by atoms with Gasteiger partial charge >= 0.3 is 11.7 Å². The number of benzene rings is 1. The molecule has 1 aliphatic rings. The Morgan fingerprint density at radius 3 is 2.70 bits per heavy atom. The van der Waals surface area contributed by atoms with E-state index in [0.717, 1.165) is 0 Å². The molecule has 0 saturated carbocycles. The fraction of sp³-hybridized carbons (Fsp3) is 0.438. The minimum Gasteiger partial charge on any atom is -0.481 e. The number of nitrogens with one attached hydrogen (secondary N) is 1. The van der Waals surface area contributed by atoms with Crippen molar-refractivity contribution in [2.75, 3.05) is 13.1 Å². The SMILES string of the molecule is CC(C(=O)c1ccc2[nH]c(=O)oc2c1)N1CCC(C(=O)O)CC1. The van der Waals surface area contributed by atoms with Gasteiger partial charge in [-0.25, -0.2) is 4.79 Å². The molecular formula is C16H18N2O5. The fourth-order valence-electron chi connectivity index (χ4n) is 3.04. The highest BCUT2D eigenvalue weighted by Gasteiger charge is 2.30. The second-order valence-electron chi connectivity index (χ2n) is 5.91. The Morgan fingerprint density at radius 2 is 2.04 bits per heavy atom. The molecule has 1 fully saturated rings. The molecule has 122 valence electrons. The summed E-state index contributed by atoms with van der Waals surface area (Å²) >= 11 is 0. The third-order valence-corrected chi connectivity index (χ3v) is 4.51. The molecule has 1 atom stereocenters. The molecule has 2 N–H and O–H groups in total. The van der Waals surface area contributed by atoms with Crippen molar-refractivity contribution in [3.8, 4) is 0 Å². The molecule has 1 aliphatic heterocycles. The van der Waals surface area contributed by atoms with Gasteiger partial charge in [-0.1, -0.05) is 0 Å². The number of hydrogen-bond acceptors (Lipinski definition) is 5. The van der Waals surface area contributed by atoms with E-state index in [2.05, 4.69) is 4.98 Å². The van der Waals surface area contributed by atoms with E-state index in [1.165, 1.54) is 0 Å². The largest absolute Gasteiger partial charge is 0.481 e. The number of carboxylic acids is 1. The van der Waals surface area contributed by atoms with Crippen LogP contribution in [0.2, 0.25) is 0 Å². The maximum Gasteiger partial charge on any atom is 0.417 e. The summed E-state index contributed by atoms with van der Waals surface area (Å²) in [5.74, 6) is -1.70. The van der Waals surface area contributed by atoms with E-state index in [1.807, 2.05) is 11.8 Å². The zero-order valence-electron chi connectivity index (χ0n) is 12.7. The van der Waals surface area contributed by atoms with E-state index >= 15 is 0 Å². The summed E-state index contributed by atoms with van der Waals surface area (Å²) in [5, 5.41) is 9.03. The first-order chi connectivity index (χ1) is 11.0. The van der Waals surface area contributed by atoms with Crippen LogP contribution in [0.3, 0.4) is 0 Å². The van der Waals surface area contributed by atoms with Crippen molar-refractivity contribution in [1.82, 2.24) is 9.88 Å². The number of oxazole rings is 1. The molecule has 2 aromatic rings. The van der Waals surface area contributed by atoms with Crippen LogP contribution < -0.4 is 5.76 Å². The predicted octanol–water partition coefficient (Wildman–Crippen LogP) is 1.49. The standard InChI is InChI=1S/C16H18N2O5/c1-9(18-6-4-10(5-7-18)15(20)21)14(19)11-2-3-12-13(8-11)23-16(22)17-12/h2-3,8-10H,4-7H2,1H3,(H,17,22)(H,20,21). The number of carbonyl (C=O) groups excluding carboxylic acids is 1. The maximum atomic E-state index is 12.6. The van der Waals surface area contributed by atoms with Crippen molar-refractivity contribution >= 4 is 22.9 Å². The first kappa shape index (κ1) is 15.5. The van der Waals surface area contributed by atoms with Gasteiger partial charge in [0.15, 0.2) is 11.4 Å². The number of fused-ring (bicyclic) bond motifs is 1. The van der Waals surface area contributed by atoms with Gasteiger partial charge in [-0.05, 0) is 51.1 Å². The Morgan fingerprint density at radius 1 is 1.35 bits per heavy atom. The first-order valence-corrected chi connectivity index (χ1v) is 7.59. The van der Waals surface area contributed by atoms with Crippen molar-refractivity contribution in [1.29, 1.82) is 0 Å². The number of rotatable bonds is 4. The van der Waals surface area contributed by atoms with Crippen molar-refractivity contribution in [3.05, 3.63) is 34.3 Å². The Hall–Kier alpha value is -2.41. The third kappa shape index (κ3) is 3.05. The number of hydrogen-bond donors (Lipinski definition) is 2. The lowest BCUT2D eigenvalue weighted by atomic mass is 9.94. The minimum absolute atomic E-state index is 0.0653. The van der Waals surface area contributed by atoms with Crippen LogP contribution in [0, 0.1) is 5.92 Å². The summed E-state index contributed by atoms with van der Waals surface area (Å²) in [7, 11) is 0. The topological polar surface area (TPSA) is 104 Å². The highest BCUT2D eigenvalue weighted by atomic mass is 16.4. The summed E-state index contributed by atoms with van der Waals surface area (Å²) in [6.07, 6.45) is 1.11. The molecule has 0 spiro atoms. The van der Waals surface area contributed by atoms with E-state index < -0.39 is 11.7 Å². The van der Waals surface area contributed by atoms with Crippen LogP contribution in [0.25, 0.3) is 11.1 Å². The molecule has 0 amide bonds. The summed E-state index contributed by atoms with van der Waals surface area (Å²) in [5.41, 5.74) is 1.40. The van der Waals surface area contributed by atoms with Gasteiger partial charge in [0.1, 0.15) is 0 Å². The molecule has 7 heteroatoms. The number of piperidine rings is 1. The van der Waals surface area contributed by atoms with Crippen LogP contribution in [0.4, 0.5) is 0 Å². The number of aliphatic carboxylic acids is 1. The molecule has 7 nitrogen and oxygen atoms in total. The third-order valence-electron chi connectivity index (χ3n) is 4.51. The van der Waals surface area contributed by atoms with Crippen LogP contribution in [-0.2, 0) is 4.79 Å². The van der Waals surface area contributed by atoms with E-state index in [9.17, 15) is 14.4 Å². The second-order valence-corrected chi connectivity index (χ2v) is 5.91. The van der Waals surface area contributed by atoms with Crippen molar-refractivity contribution < 1.29 is 19.1 Å². The fourth-order valence-corrected chi connectivity index (χ4v) is 3.04. The number of carbonyl (C=O) groups is 2. The van der Waals surface area contributed by atoms with E-state index in [-0.39, 0.29) is 17.7 Å². The van der Waals surface area contributed by atoms with Crippen LogP contribution in [0.1, 0.15) is 30.1 Å². The lowest BCUT2D eigenvalue weighted by Crippen LogP contribution is -2.45. The Balaban J connectivity index is 1.73. The maximum absolute atomic E-state index is 12.6. The summed E-state index contributed by atoms with van der Waals surface area (Å²) in [4.78, 5) is 39.3. The highest BCUT2D eigenvalue weighted by Crippen LogP contribution is 2.21. The van der Waals surface area contributed by atoms with E-state index in [4.69, 9.17) is 9.52 Å². The van der Waals surface area contributed by atoms with E-state index in [1.54, 1.807) is 18.2 Å². The lowest BCUT2D eigenvalue weighted by molar-refractivity contribution is -0.143. The van der Waals surface area contributed by atoms with Gasteiger partial charge in [0.25, 0.3) is 0 Å². The average molecular weight is 318 g/mol. The van der Waals surface area contributed by atoms with Gasteiger partial charge in [-0.15, -0.1) is 0 Å². The molecule has 1 aromatic carbocycles. The first-order valence-electron chi connectivity index (χ1n) is 7.59. The molecule has 2 heterocycles. The van der Waals surface area contributed by atoms with Crippen LogP contribution in [-0.4, -0.2) is 45.9 Å². The van der Waals surface area contributed by atoms with Gasteiger partial charge in [0.05, 0.1) is 17.5 Å². The van der Waals surface area contributed by atoms with Gasteiger partial charge in [0.2, 0.25) is 0 Å². The minimum atomic E-state index is -0.767. The molecule has 1 aromatic heterocycles. The molecule has 1 saturated heterocycles. The Labute approximate surface area is 131 Å². The number of ketones is 1. The van der Waals surface area contributed by atoms with Crippen molar-refractivity contribution in [2.45, 2.75) is 25.8 Å². The lowest BCUT2D eigenvalue weighted by Gasteiger charge is -2.33. The Kier molecular flexibility index (Phi) is 4.04. The number of aromatic amines is 1.